The minimum absolute atomic E-state index is 0. The Labute approximate surface area is 67.1 Å². The van der Waals surface area contributed by atoms with Gasteiger partial charge >= 0.3 is 0 Å². The highest BCUT2D eigenvalue weighted by atomic mass is 35.5. The lowest BCUT2D eigenvalue weighted by molar-refractivity contribution is -0.873. The lowest BCUT2D eigenvalue weighted by atomic mass is 10.3. The molecule has 2 N–H and O–H groups in total. The van der Waals surface area contributed by atoms with Gasteiger partial charge in [0.05, 0.1) is 27.0 Å². The summed E-state index contributed by atoms with van der Waals surface area (Å²) in [6, 6.07) is 0. The zero-order valence-corrected chi connectivity index (χ0v) is 7.47. The van der Waals surface area contributed by atoms with E-state index in [0.29, 0.717) is 12.4 Å². The van der Waals surface area contributed by atoms with Crippen molar-refractivity contribution in [3.05, 3.63) is 0 Å². The van der Waals surface area contributed by atoms with Gasteiger partial charge in [-0.2, -0.15) is 0 Å². The van der Waals surface area contributed by atoms with E-state index in [2.05, 4.69) is 0 Å². The third kappa shape index (κ3) is 8.17. The lowest BCUT2D eigenvalue weighted by Gasteiger charge is -2.25. The number of nitrogens with zero attached hydrogens (tertiary/aromatic N) is 1. The van der Waals surface area contributed by atoms with Crippen molar-refractivity contribution < 1.29 is 15.1 Å². The maximum Gasteiger partial charge on any atom is 0.116 e. The maximum absolute atomic E-state index is 9.05. The molecular weight excluding hydrogens is 154 g/mol. The molecule has 1 unspecified atom stereocenters. The summed E-state index contributed by atoms with van der Waals surface area (Å²) in [7, 11) is 6.07. The monoisotopic (exact) mass is 169 g/mol. The van der Waals surface area contributed by atoms with Crippen LogP contribution in [0, 0.1) is 0 Å². The predicted molar refractivity (Wildman–Crippen MR) is 41.6 cm³/mol. The highest BCUT2D eigenvalue weighted by Gasteiger charge is 2.13. The molecule has 0 aromatic carbocycles. The minimum atomic E-state index is -0.369. The zero-order valence-electron chi connectivity index (χ0n) is 6.71. The van der Waals surface area contributed by atoms with E-state index in [4.69, 9.17) is 16.7 Å². The van der Waals surface area contributed by atoms with Crippen LogP contribution in [0.1, 0.15) is 0 Å². The maximum atomic E-state index is 9.05. The molecule has 0 bridgehead atoms. The molecule has 10 heavy (non-hydrogen) atoms. The molecule has 0 saturated heterocycles. The zero-order chi connectivity index (χ0) is 7.49. The van der Waals surface area contributed by atoms with Crippen molar-refractivity contribution in [3.8, 4) is 0 Å². The van der Waals surface area contributed by atoms with Gasteiger partial charge in [-0.05, 0) is 0 Å². The number of rotatable bonds is 3. The summed E-state index contributed by atoms with van der Waals surface area (Å²) < 4.78 is 0.758. The van der Waals surface area contributed by atoms with Crippen LogP contribution < -0.4 is 0 Å². The van der Waals surface area contributed by atoms with Gasteiger partial charge in [-0.1, -0.05) is 0 Å². The molecule has 0 aliphatic heterocycles. The highest BCUT2D eigenvalue weighted by Crippen LogP contribution is 1.95. The summed E-state index contributed by atoms with van der Waals surface area (Å²) in [4.78, 5) is 0. The van der Waals surface area contributed by atoms with E-state index in [-0.39, 0.29) is 11.6 Å². The number of hydrogen-bond acceptors (Lipinski definition) is 2. The molecule has 0 aromatic rings. The summed E-state index contributed by atoms with van der Waals surface area (Å²) in [6.07, 6.45) is -0.369. The van der Waals surface area contributed by atoms with Crippen molar-refractivity contribution in [2.75, 3.05) is 33.6 Å². The molecule has 0 saturated carbocycles. The standard InChI is InChI=1S/C6H15ClNO.H2O/c1-8(2,3)5-6(9)4-7;/h6,9H,4-5H2,1-3H3;1H2/q+1;/p-1. The summed E-state index contributed by atoms with van der Waals surface area (Å²) in [5.74, 6) is 0.329. The first-order chi connectivity index (χ1) is 3.95. The van der Waals surface area contributed by atoms with Gasteiger partial charge in [-0.3, -0.25) is 0 Å². The fourth-order valence-corrected chi connectivity index (χ4v) is 0.779. The van der Waals surface area contributed by atoms with E-state index in [0.717, 1.165) is 4.48 Å². The molecular formula is C6H16ClNO2. The molecule has 0 spiro atoms. The van der Waals surface area contributed by atoms with Crippen molar-refractivity contribution in [2.24, 2.45) is 0 Å². The Morgan fingerprint density at radius 2 is 1.80 bits per heavy atom. The van der Waals surface area contributed by atoms with Gasteiger partial charge in [-0.15, -0.1) is 11.6 Å². The second kappa shape index (κ2) is 4.91. The van der Waals surface area contributed by atoms with Gasteiger partial charge in [0.15, 0.2) is 0 Å². The van der Waals surface area contributed by atoms with Crippen LogP contribution in [0.15, 0.2) is 0 Å². The molecule has 0 heterocycles. The Bertz CT molecular complexity index is 82.3. The fourth-order valence-electron chi connectivity index (χ4n) is 0.681. The van der Waals surface area contributed by atoms with E-state index in [1.165, 1.54) is 0 Å². The second-order valence-corrected chi connectivity index (χ2v) is 3.59. The third-order valence-electron chi connectivity index (χ3n) is 0.937. The number of hydrogen-bond donors (Lipinski definition) is 1. The average Bonchev–Trinajstić information content (AvgIpc) is 1.62. The first-order valence-electron chi connectivity index (χ1n) is 3.00. The molecule has 4 heteroatoms. The summed E-state index contributed by atoms with van der Waals surface area (Å²) in [5, 5.41) is 9.05. The SMILES string of the molecule is C[N+](C)(C)CC(O)CCl.[OH-]. The van der Waals surface area contributed by atoms with Crippen LogP contribution in [0.2, 0.25) is 0 Å². The first-order valence-corrected chi connectivity index (χ1v) is 3.53. The fraction of sp³-hybridized carbons (Fsp3) is 1.00. The van der Waals surface area contributed by atoms with Gasteiger partial charge in [-0.25, -0.2) is 0 Å². The topological polar surface area (TPSA) is 50.2 Å². The largest absolute Gasteiger partial charge is 0.870 e. The Kier molecular flexibility index (Phi) is 6.29. The van der Waals surface area contributed by atoms with Crippen LogP contribution in [0.5, 0.6) is 0 Å². The molecule has 0 radical (unpaired) electrons. The average molecular weight is 170 g/mol. The van der Waals surface area contributed by atoms with Gasteiger partial charge in [0.2, 0.25) is 0 Å². The number of alkyl halides is 1. The molecule has 3 nitrogen and oxygen atoms in total. The smallest absolute Gasteiger partial charge is 0.116 e. The molecule has 0 amide bonds. The Morgan fingerprint density at radius 3 is 1.90 bits per heavy atom. The van der Waals surface area contributed by atoms with Crippen molar-refractivity contribution >= 4 is 11.6 Å². The lowest BCUT2D eigenvalue weighted by Crippen LogP contribution is -2.41. The van der Waals surface area contributed by atoms with Crippen LogP contribution in [0.25, 0.3) is 0 Å². The Hall–Kier alpha value is 0.170. The number of aliphatic hydroxyl groups is 1. The van der Waals surface area contributed by atoms with Crippen molar-refractivity contribution in [2.45, 2.75) is 6.10 Å². The van der Waals surface area contributed by atoms with Crippen LogP contribution in [-0.2, 0) is 0 Å². The van der Waals surface area contributed by atoms with E-state index in [1.54, 1.807) is 0 Å². The molecule has 64 valence electrons. The van der Waals surface area contributed by atoms with Crippen molar-refractivity contribution in [1.82, 2.24) is 0 Å². The summed E-state index contributed by atoms with van der Waals surface area (Å²) in [6.45, 7) is 0.712. The van der Waals surface area contributed by atoms with Crippen LogP contribution in [0.3, 0.4) is 0 Å². The summed E-state index contributed by atoms with van der Waals surface area (Å²) in [5.41, 5.74) is 0. The number of aliphatic hydroxyl groups excluding tert-OH is 1. The molecule has 1 atom stereocenters. The number of halogens is 1. The quantitative estimate of drug-likeness (QED) is 0.482. The Balaban J connectivity index is 0. The number of quaternary nitrogens is 1. The second-order valence-electron chi connectivity index (χ2n) is 3.28. The molecule has 0 aromatic heterocycles. The Morgan fingerprint density at radius 1 is 1.40 bits per heavy atom. The van der Waals surface area contributed by atoms with E-state index < -0.39 is 0 Å². The van der Waals surface area contributed by atoms with Crippen molar-refractivity contribution in [3.63, 3.8) is 0 Å². The van der Waals surface area contributed by atoms with Crippen LogP contribution in [-0.4, -0.2) is 54.7 Å². The molecule has 0 rings (SSSR count). The first kappa shape index (κ1) is 12.8. The van der Waals surface area contributed by atoms with Gasteiger partial charge in [0.1, 0.15) is 12.6 Å². The van der Waals surface area contributed by atoms with Gasteiger partial charge in [0.25, 0.3) is 0 Å². The van der Waals surface area contributed by atoms with Gasteiger partial charge in [0, 0.05) is 0 Å². The minimum Gasteiger partial charge on any atom is -0.870 e. The van der Waals surface area contributed by atoms with E-state index >= 15 is 0 Å². The molecule has 0 aliphatic carbocycles. The number of likely N-dealkylation sites (N-methyl/N-ethyl adjacent to an activating group) is 1. The normalized spacial score (nSPS) is 14.1. The third-order valence-corrected chi connectivity index (χ3v) is 1.29. The predicted octanol–water partition coefficient (Wildman–Crippen LogP) is 0.115. The summed E-state index contributed by atoms with van der Waals surface area (Å²) >= 11 is 5.40. The molecule has 0 aliphatic rings. The van der Waals surface area contributed by atoms with Crippen molar-refractivity contribution in [1.29, 1.82) is 0 Å². The van der Waals surface area contributed by atoms with Crippen LogP contribution in [0.4, 0.5) is 0 Å². The highest BCUT2D eigenvalue weighted by molar-refractivity contribution is 6.18. The van der Waals surface area contributed by atoms with Gasteiger partial charge < -0.3 is 15.1 Å². The van der Waals surface area contributed by atoms with Crippen LogP contribution >= 0.6 is 11.6 Å². The molecule has 0 fully saturated rings. The van der Waals surface area contributed by atoms with E-state index in [9.17, 15) is 0 Å². The van der Waals surface area contributed by atoms with E-state index in [1.807, 2.05) is 21.1 Å².